The molecule has 4 rings (SSSR count). The van der Waals surface area contributed by atoms with E-state index in [0.29, 0.717) is 24.8 Å². The molecule has 124 valence electrons. The summed E-state index contributed by atoms with van der Waals surface area (Å²) in [6, 6.07) is 10.2. The van der Waals surface area contributed by atoms with Gasteiger partial charge in [-0.05, 0) is 31.0 Å². The first kappa shape index (κ1) is 15.2. The Labute approximate surface area is 140 Å². The molecule has 6 heteroatoms. The number of likely N-dealkylation sites (tertiary alicyclic amines) is 1. The summed E-state index contributed by atoms with van der Waals surface area (Å²) in [6.07, 6.45) is 2.34. The second-order valence-electron chi connectivity index (χ2n) is 6.45. The van der Waals surface area contributed by atoms with Crippen LogP contribution in [0.15, 0.2) is 41.1 Å². The van der Waals surface area contributed by atoms with Crippen LogP contribution >= 0.6 is 0 Å². The number of rotatable bonds is 4. The lowest BCUT2D eigenvalue weighted by Gasteiger charge is -2.15. The quantitative estimate of drug-likeness (QED) is 0.791. The van der Waals surface area contributed by atoms with Crippen LogP contribution in [-0.4, -0.2) is 44.3 Å². The molecule has 0 amide bonds. The summed E-state index contributed by atoms with van der Waals surface area (Å²) in [7, 11) is 0. The molecule has 0 saturated carbocycles. The number of hydrogen-bond acceptors (Lipinski definition) is 6. The van der Waals surface area contributed by atoms with Crippen molar-refractivity contribution in [1.29, 1.82) is 0 Å². The Balaban J connectivity index is 1.48. The number of aliphatic hydroxyl groups excluding tert-OH is 1. The van der Waals surface area contributed by atoms with Crippen molar-refractivity contribution < 1.29 is 9.63 Å². The number of pyridine rings is 1. The fourth-order valence-electron chi connectivity index (χ4n) is 3.48. The molecule has 24 heavy (non-hydrogen) atoms. The number of fused-ring (bicyclic) bond motifs is 1. The Morgan fingerprint density at radius 3 is 2.96 bits per heavy atom. The van der Waals surface area contributed by atoms with Crippen LogP contribution < -0.4 is 0 Å². The number of aliphatic hydroxyl groups is 1. The van der Waals surface area contributed by atoms with E-state index in [0.717, 1.165) is 23.9 Å². The number of nitrogens with zero attached hydrogens (tertiary/aromatic N) is 4. The van der Waals surface area contributed by atoms with Gasteiger partial charge in [0.2, 0.25) is 5.89 Å². The molecule has 0 radical (unpaired) electrons. The maximum atomic E-state index is 10.5. The van der Waals surface area contributed by atoms with Gasteiger partial charge in [0.1, 0.15) is 0 Å². The van der Waals surface area contributed by atoms with E-state index in [1.807, 2.05) is 31.3 Å². The first-order chi connectivity index (χ1) is 11.7. The van der Waals surface area contributed by atoms with E-state index in [2.05, 4.69) is 32.2 Å². The molecule has 1 N–H and O–H groups in total. The molecule has 3 heterocycles. The highest BCUT2D eigenvalue weighted by atomic mass is 16.5. The highest BCUT2D eigenvalue weighted by Gasteiger charge is 2.32. The third kappa shape index (κ3) is 3.02. The number of hydrogen-bond donors (Lipinski definition) is 1. The van der Waals surface area contributed by atoms with Crippen LogP contribution in [0.5, 0.6) is 0 Å². The maximum absolute atomic E-state index is 10.5. The van der Waals surface area contributed by atoms with Gasteiger partial charge in [0.25, 0.3) is 0 Å². The molecule has 1 aromatic carbocycles. The Bertz CT molecular complexity index is 842. The smallest absolute Gasteiger partial charge is 0.240 e. The summed E-state index contributed by atoms with van der Waals surface area (Å²) in [6.45, 7) is 3.85. The third-order valence-electron chi connectivity index (χ3n) is 4.63. The standard InChI is InChI=1S/C18H20N4O2/c1-12-20-18(24-21-12)11-22-9-14(17(23)10-22)8-13-6-7-19-16-5-3-2-4-15(13)16/h2-7,14,17,23H,8-11H2,1H3/t14-,17-/m1/s1. The van der Waals surface area contributed by atoms with Crippen LogP contribution in [0.2, 0.25) is 0 Å². The van der Waals surface area contributed by atoms with Crippen molar-refractivity contribution >= 4 is 10.9 Å². The molecule has 1 aliphatic rings. The molecular weight excluding hydrogens is 304 g/mol. The molecule has 2 aromatic heterocycles. The largest absolute Gasteiger partial charge is 0.391 e. The van der Waals surface area contributed by atoms with Gasteiger partial charge in [-0.3, -0.25) is 9.88 Å². The zero-order valence-electron chi connectivity index (χ0n) is 13.6. The van der Waals surface area contributed by atoms with Crippen molar-refractivity contribution in [3.63, 3.8) is 0 Å². The summed E-state index contributed by atoms with van der Waals surface area (Å²) < 4.78 is 5.18. The van der Waals surface area contributed by atoms with Gasteiger partial charge in [0.15, 0.2) is 5.82 Å². The average molecular weight is 324 g/mol. The van der Waals surface area contributed by atoms with Crippen molar-refractivity contribution in [2.75, 3.05) is 13.1 Å². The zero-order chi connectivity index (χ0) is 16.5. The van der Waals surface area contributed by atoms with Gasteiger partial charge in [-0.2, -0.15) is 4.98 Å². The molecule has 1 saturated heterocycles. The van der Waals surface area contributed by atoms with E-state index in [1.165, 1.54) is 5.56 Å². The van der Waals surface area contributed by atoms with Crippen LogP contribution in [0, 0.1) is 12.8 Å². The molecule has 3 aromatic rings. The van der Waals surface area contributed by atoms with Crippen molar-refractivity contribution in [3.05, 3.63) is 53.8 Å². The van der Waals surface area contributed by atoms with Gasteiger partial charge >= 0.3 is 0 Å². The Morgan fingerprint density at radius 1 is 1.25 bits per heavy atom. The van der Waals surface area contributed by atoms with Gasteiger partial charge in [-0.15, -0.1) is 0 Å². The van der Waals surface area contributed by atoms with E-state index in [4.69, 9.17) is 4.52 Å². The lowest BCUT2D eigenvalue weighted by molar-refractivity contribution is 0.139. The first-order valence-electron chi connectivity index (χ1n) is 8.21. The normalized spacial score (nSPS) is 21.6. The van der Waals surface area contributed by atoms with Crippen molar-refractivity contribution in [3.8, 4) is 0 Å². The molecular formula is C18H20N4O2. The second-order valence-corrected chi connectivity index (χ2v) is 6.45. The molecule has 0 unspecified atom stereocenters. The second kappa shape index (κ2) is 6.30. The fraction of sp³-hybridized carbons (Fsp3) is 0.389. The van der Waals surface area contributed by atoms with E-state index >= 15 is 0 Å². The third-order valence-corrected chi connectivity index (χ3v) is 4.63. The zero-order valence-corrected chi connectivity index (χ0v) is 13.6. The lowest BCUT2D eigenvalue weighted by Crippen LogP contribution is -2.21. The van der Waals surface area contributed by atoms with Crippen LogP contribution in [0.3, 0.4) is 0 Å². The lowest BCUT2D eigenvalue weighted by atomic mass is 9.94. The van der Waals surface area contributed by atoms with Crippen LogP contribution in [0.4, 0.5) is 0 Å². The summed E-state index contributed by atoms with van der Waals surface area (Å²) in [4.78, 5) is 10.8. The van der Waals surface area contributed by atoms with E-state index in [1.54, 1.807) is 0 Å². The Hall–Kier alpha value is -2.31. The Morgan fingerprint density at radius 2 is 2.12 bits per heavy atom. The van der Waals surface area contributed by atoms with Gasteiger partial charge in [0.05, 0.1) is 18.2 Å². The van der Waals surface area contributed by atoms with Gasteiger partial charge in [-0.1, -0.05) is 23.4 Å². The number of β-amino-alcohol motifs (C(OH)–C–C–N with tert-alkyl or cyclic N) is 1. The van der Waals surface area contributed by atoms with Gasteiger partial charge in [0, 0.05) is 30.6 Å². The SMILES string of the molecule is Cc1noc(CN2C[C@@H](Cc3ccnc4ccccc34)[C@H](O)C2)n1. The Kier molecular flexibility index (Phi) is 4.00. The molecule has 0 aliphatic carbocycles. The predicted molar refractivity (Wildman–Crippen MR) is 89.3 cm³/mol. The minimum Gasteiger partial charge on any atom is -0.391 e. The van der Waals surface area contributed by atoms with Crippen LogP contribution in [0.25, 0.3) is 10.9 Å². The van der Waals surface area contributed by atoms with E-state index in [9.17, 15) is 5.11 Å². The van der Waals surface area contributed by atoms with Crippen LogP contribution in [0.1, 0.15) is 17.3 Å². The first-order valence-corrected chi connectivity index (χ1v) is 8.21. The molecule has 1 fully saturated rings. The highest BCUT2D eigenvalue weighted by Crippen LogP contribution is 2.26. The number of benzene rings is 1. The molecule has 6 nitrogen and oxygen atoms in total. The topological polar surface area (TPSA) is 75.3 Å². The van der Waals surface area contributed by atoms with Crippen molar-refractivity contribution in [2.24, 2.45) is 5.92 Å². The predicted octanol–water partition coefficient (Wildman–Crippen LogP) is 1.96. The summed E-state index contributed by atoms with van der Waals surface area (Å²) in [5.41, 5.74) is 2.24. The summed E-state index contributed by atoms with van der Waals surface area (Å²) in [5.74, 6) is 1.44. The van der Waals surface area contributed by atoms with Crippen molar-refractivity contribution in [1.82, 2.24) is 20.0 Å². The highest BCUT2D eigenvalue weighted by molar-refractivity contribution is 5.81. The number of aryl methyl sites for hydroxylation is 1. The molecule has 2 atom stereocenters. The number of para-hydroxylation sites is 1. The number of aromatic nitrogens is 3. The van der Waals surface area contributed by atoms with Crippen LogP contribution in [-0.2, 0) is 13.0 Å². The van der Waals surface area contributed by atoms with Crippen molar-refractivity contribution in [2.45, 2.75) is 26.0 Å². The minimum absolute atomic E-state index is 0.194. The maximum Gasteiger partial charge on any atom is 0.240 e. The summed E-state index contributed by atoms with van der Waals surface area (Å²) >= 11 is 0. The van der Waals surface area contributed by atoms with Gasteiger partial charge in [-0.25, -0.2) is 0 Å². The van der Waals surface area contributed by atoms with E-state index < -0.39 is 0 Å². The molecule has 1 aliphatic heterocycles. The molecule has 0 bridgehead atoms. The minimum atomic E-state index is -0.346. The van der Waals surface area contributed by atoms with Gasteiger partial charge < -0.3 is 9.63 Å². The monoisotopic (exact) mass is 324 g/mol. The van der Waals surface area contributed by atoms with E-state index in [-0.39, 0.29) is 12.0 Å². The molecule has 0 spiro atoms. The average Bonchev–Trinajstić information content (AvgIpc) is 3.14. The fourth-order valence-corrected chi connectivity index (χ4v) is 3.48. The summed E-state index contributed by atoms with van der Waals surface area (Å²) in [5, 5.41) is 15.4.